The summed E-state index contributed by atoms with van der Waals surface area (Å²) in [7, 11) is 0. The number of hydrazone groups is 1. The molecule has 2 aliphatic rings. The Morgan fingerprint density at radius 3 is 2.45 bits per heavy atom. The van der Waals surface area contributed by atoms with Crippen LogP contribution in [0.3, 0.4) is 0 Å². The number of nitrogens with zero attached hydrogens (tertiary/aromatic N) is 5. The molecule has 1 aliphatic carbocycles. The smallest absolute Gasteiger partial charge is 0.320 e. The first kappa shape index (κ1) is 31.3. The van der Waals surface area contributed by atoms with Crippen molar-refractivity contribution < 1.29 is 14.6 Å². The van der Waals surface area contributed by atoms with Crippen LogP contribution >= 0.6 is 0 Å². The Balaban J connectivity index is 0.00000121. The number of morpholine rings is 1. The van der Waals surface area contributed by atoms with Crippen LogP contribution in [0.2, 0.25) is 0 Å². The zero-order valence-electron chi connectivity index (χ0n) is 24.3. The van der Waals surface area contributed by atoms with E-state index in [2.05, 4.69) is 39.2 Å². The highest BCUT2D eigenvalue weighted by molar-refractivity contribution is 6.05. The van der Waals surface area contributed by atoms with Gasteiger partial charge < -0.3 is 19.5 Å². The van der Waals surface area contributed by atoms with Gasteiger partial charge in [-0.15, -0.1) is 0 Å². The van der Waals surface area contributed by atoms with Gasteiger partial charge in [0.2, 0.25) is 0 Å². The van der Waals surface area contributed by atoms with E-state index in [-0.39, 0.29) is 0 Å². The van der Waals surface area contributed by atoms with E-state index in [0.717, 1.165) is 94.3 Å². The molecule has 9 heteroatoms. The standard InChI is InChI=1S/C25H36N6O3.2C2H6/c1-3-10-31(11-4-2)24-18-23(26-25(27-24)34-17-14-30-12-15-33-16-13-30)29-28-21-9-8-20-19(21)6-5-7-22(20)32;2*1-2/h5-7,18,32H,3-4,8-17H2,1-2H3,(H,26,27,29);2*1-2H3/b28-21+;;. The second-order valence-corrected chi connectivity index (χ2v) is 8.66. The molecular formula is C29H48N6O3. The number of phenolic OH excluding ortho intramolecular Hbond substituents is 1. The van der Waals surface area contributed by atoms with Crippen molar-refractivity contribution in [3.05, 3.63) is 35.4 Å². The van der Waals surface area contributed by atoms with Crippen LogP contribution in [0.25, 0.3) is 0 Å². The summed E-state index contributed by atoms with van der Waals surface area (Å²) in [5.41, 5.74) is 5.99. The van der Waals surface area contributed by atoms with Gasteiger partial charge in [0.15, 0.2) is 5.82 Å². The summed E-state index contributed by atoms with van der Waals surface area (Å²) in [4.78, 5) is 13.9. The van der Waals surface area contributed by atoms with Crippen molar-refractivity contribution in [2.24, 2.45) is 5.10 Å². The highest BCUT2D eigenvalue weighted by Gasteiger charge is 2.21. The number of benzene rings is 1. The van der Waals surface area contributed by atoms with E-state index in [1.54, 1.807) is 6.07 Å². The third-order valence-electron chi connectivity index (χ3n) is 6.12. The summed E-state index contributed by atoms with van der Waals surface area (Å²) in [6.45, 7) is 18.9. The van der Waals surface area contributed by atoms with Gasteiger partial charge in [-0.2, -0.15) is 15.1 Å². The van der Waals surface area contributed by atoms with Gasteiger partial charge in [-0.1, -0.05) is 53.7 Å². The van der Waals surface area contributed by atoms with Crippen LogP contribution in [0.15, 0.2) is 29.4 Å². The largest absolute Gasteiger partial charge is 0.508 e. The molecule has 2 N–H and O–H groups in total. The molecule has 0 amide bonds. The summed E-state index contributed by atoms with van der Waals surface area (Å²) >= 11 is 0. The van der Waals surface area contributed by atoms with E-state index < -0.39 is 0 Å². The number of ether oxygens (including phenoxy) is 2. The summed E-state index contributed by atoms with van der Waals surface area (Å²) in [5, 5.41) is 14.7. The van der Waals surface area contributed by atoms with E-state index in [4.69, 9.17) is 14.5 Å². The van der Waals surface area contributed by atoms with E-state index in [9.17, 15) is 5.11 Å². The minimum atomic E-state index is 0.331. The number of aromatic hydroxyl groups is 1. The number of nitrogens with one attached hydrogen (secondary N) is 1. The van der Waals surface area contributed by atoms with Gasteiger partial charge in [0.1, 0.15) is 18.2 Å². The maximum absolute atomic E-state index is 10.1. The van der Waals surface area contributed by atoms with Crippen LogP contribution in [-0.2, 0) is 11.2 Å². The normalized spacial score (nSPS) is 15.6. The first-order valence-electron chi connectivity index (χ1n) is 14.4. The first-order valence-corrected chi connectivity index (χ1v) is 14.4. The lowest BCUT2D eigenvalue weighted by Gasteiger charge is -2.26. The van der Waals surface area contributed by atoms with Gasteiger partial charge in [-0.3, -0.25) is 10.3 Å². The predicted octanol–water partition coefficient (Wildman–Crippen LogP) is 5.33. The summed E-state index contributed by atoms with van der Waals surface area (Å²) in [6.07, 6.45) is 3.62. The number of hydrogen-bond acceptors (Lipinski definition) is 9. The molecule has 1 aromatic carbocycles. The van der Waals surface area contributed by atoms with Gasteiger partial charge in [0, 0.05) is 49.9 Å². The third kappa shape index (κ3) is 9.13. The summed E-state index contributed by atoms with van der Waals surface area (Å²) in [5.74, 6) is 1.77. The molecule has 1 saturated heterocycles. The molecule has 0 spiro atoms. The fourth-order valence-corrected chi connectivity index (χ4v) is 4.39. The fourth-order valence-electron chi connectivity index (χ4n) is 4.39. The Morgan fingerprint density at radius 2 is 1.76 bits per heavy atom. The van der Waals surface area contributed by atoms with Crippen LogP contribution < -0.4 is 15.1 Å². The van der Waals surface area contributed by atoms with Gasteiger partial charge in [0.05, 0.1) is 18.9 Å². The number of rotatable bonds is 11. The zero-order chi connectivity index (χ0) is 27.8. The molecule has 0 atom stereocenters. The molecule has 0 radical (unpaired) electrons. The molecule has 2 heterocycles. The first-order chi connectivity index (χ1) is 18.7. The minimum Gasteiger partial charge on any atom is -0.508 e. The molecule has 2 aromatic rings. The molecule has 1 fully saturated rings. The van der Waals surface area contributed by atoms with Crippen LogP contribution in [0.5, 0.6) is 11.8 Å². The Morgan fingerprint density at radius 1 is 1.05 bits per heavy atom. The monoisotopic (exact) mass is 528 g/mol. The molecule has 38 heavy (non-hydrogen) atoms. The number of phenols is 1. The van der Waals surface area contributed by atoms with Crippen LogP contribution in [0.1, 0.15) is 71.9 Å². The molecule has 212 valence electrons. The second kappa shape index (κ2) is 17.6. The second-order valence-electron chi connectivity index (χ2n) is 8.66. The van der Waals surface area contributed by atoms with Crippen molar-refractivity contribution in [3.8, 4) is 11.8 Å². The Bertz CT molecular complexity index is 973. The van der Waals surface area contributed by atoms with Crippen molar-refractivity contribution in [2.75, 3.05) is 62.9 Å². The van der Waals surface area contributed by atoms with Gasteiger partial charge in [-0.05, 0) is 31.7 Å². The van der Waals surface area contributed by atoms with Crippen molar-refractivity contribution in [3.63, 3.8) is 0 Å². The summed E-state index contributed by atoms with van der Waals surface area (Å²) < 4.78 is 11.4. The van der Waals surface area contributed by atoms with Crippen molar-refractivity contribution in [1.82, 2.24) is 14.9 Å². The van der Waals surface area contributed by atoms with Gasteiger partial charge >= 0.3 is 6.01 Å². The van der Waals surface area contributed by atoms with Crippen molar-refractivity contribution >= 4 is 17.3 Å². The lowest BCUT2D eigenvalue weighted by atomic mass is 10.1. The topological polar surface area (TPSA) is 95.3 Å². The molecule has 0 bridgehead atoms. The molecule has 0 saturated carbocycles. The van der Waals surface area contributed by atoms with E-state index in [0.29, 0.717) is 24.2 Å². The number of aromatic nitrogens is 2. The molecule has 9 nitrogen and oxygen atoms in total. The Kier molecular flexibility index (Phi) is 14.5. The number of fused-ring (bicyclic) bond motifs is 1. The average molecular weight is 529 g/mol. The minimum absolute atomic E-state index is 0.331. The SMILES string of the molecule is CC.CC.CCCN(CCC)c1cc(N/N=C2\CCc3c(O)cccc32)nc(OCCN2CCOCC2)n1. The van der Waals surface area contributed by atoms with E-state index in [1.807, 2.05) is 45.9 Å². The zero-order valence-corrected chi connectivity index (χ0v) is 24.3. The van der Waals surface area contributed by atoms with Gasteiger partial charge in [0.25, 0.3) is 0 Å². The molecule has 1 aromatic heterocycles. The number of hydrogen-bond donors (Lipinski definition) is 2. The Hall–Kier alpha value is -2.91. The van der Waals surface area contributed by atoms with E-state index in [1.165, 1.54) is 0 Å². The highest BCUT2D eigenvalue weighted by atomic mass is 16.5. The summed E-state index contributed by atoms with van der Waals surface area (Å²) in [6, 6.07) is 7.87. The maximum Gasteiger partial charge on any atom is 0.320 e. The van der Waals surface area contributed by atoms with Gasteiger partial charge in [-0.25, -0.2) is 0 Å². The quantitative estimate of drug-likeness (QED) is 0.378. The molecule has 1 aliphatic heterocycles. The lowest BCUT2D eigenvalue weighted by Crippen LogP contribution is -2.38. The van der Waals surface area contributed by atoms with Crippen LogP contribution in [0.4, 0.5) is 11.6 Å². The van der Waals surface area contributed by atoms with Crippen LogP contribution in [-0.4, -0.2) is 78.2 Å². The third-order valence-corrected chi connectivity index (χ3v) is 6.12. The van der Waals surface area contributed by atoms with Crippen LogP contribution in [0, 0.1) is 0 Å². The lowest BCUT2D eigenvalue weighted by molar-refractivity contribution is 0.0317. The molecule has 4 rings (SSSR count). The average Bonchev–Trinajstić information content (AvgIpc) is 3.39. The molecular weight excluding hydrogens is 480 g/mol. The number of anilines is 2. The maximum atomic E-state index is 10.1. The van der Waals surface area contributed by atoms with Crippen molar-refractivity contribution in [1.29, 1.82) is 0 Å². The highest BCUT2D eigenvalue weighted by Crippen LogP contribution is 2.30. The predicted molar refractivity (Wildman–Crippen MR) is 157 cm³/mol. The van der Waals surface area contributed by atoms with E-state index >= 15 is 0 Å². The van der Waals surface area contributed by atoms with Crippen molar-refractivity contribution in [2.45, 2.75) is 67.2 Å². The Labute approximate surface area is 229 Å². The fraction of sp³-hybridized carbons (Fsp3) is 0.621. The molecule has 0 unspecified atom stereocenters.